The Morgan fingerprint density at radius 1 is 1.25 bits per heavy atom. The van der Waals surface area contributed by atoms with Crippen molar-refractivity contribution in [3.63, 3.8) is 0 Å². The number of likely N-dealkylation sites (tertiary alicyclic amines) is 1. The molecular weight excluding hydrogens is 264 g/mol. The van der Waals surface area contributed by atoms with E-state index in [0.29, 0.717) is 13.0 Å². The van der Waals surface area contributed by atoms with Gasteiger partial charge in [0, 0.05) is 20.6 Å². The lowest BCUT2D eigenvalue weighted by Gasteiger charge is -2.29. The van der Waals surface area contributed by atoms with Gasteiger partial charge < -0.3 is 9.47 Å². The molecule has 7 heteroatoms. The molecule has 116 valence electrons. The van der Waals surface area contributed by atoms with Gasteiger partial charge in [0.25, 0.3) is 5.91 Å². The molecule has 0 N–H and O–H groups in total. The summed E-state index contributed by atoms with van der Waals surface area (Å²) in [6.45, 7) is 5.69. The summed E-state index contributed by atoms with van der Waals surface area (Å²) in [7, 11) is 4.47. The molecule has 1 aliphatic rings. The largest absolute Gasteiger partial charge is 0.444 e. The minimum Gasteiger partial charge on any atom is -0.444 e. The van der Waals surface area contributed by atoms with E-state index in [0.717, 1.165) is 5.06 Å². The van der Waals surface area contributed by atoms with Crippen LogP contribution >= 0.6 is 0 Å². The molecular formula is C13H24N2O5. The average Bonchev–Trinajstić information content (AvgIpc) is 2.79. The Morgan fingerprint density at radius 2 is 1.85 bits per heavy atom. The summed E-state index contributed by atoms with van der Waals surface area (Å²) in [5.74, 6) is -0.294. The summed E-state index contributed by atoms with van der Waals surface area (Å²) in [5.41, 5.74) is -0.608. The van der Waals surface area contributed by atoms with Crippen LogP contribution in [-0.2, 0) is 19.1 Å². The van der Waals surface area contributed by atoms with Crippen molar-refractivity contribution >= 4 is 12.0 Å². The van der Waals surface area contributed by atoms with E-state index in [1.807, 2.05) is 0 Å². The summed E-state index contributed by atoms with van der Waals surface area (Å²) >= 11 is 0. The van der Waals surface area contributed by atoms with Gasteiger partial charge >= 0.3 is 6.09 Å². The van der Waals surface area contributed by atoms with Gasteiger partial charge in [0.2, 0.25) is 0 Å². The topological polar surface area (TPSA) is 68.3 Å². The van der Waals surface area contributed by atoms with Gasteiger partial charge in [-0.1, -0.05) is 0 Å². The molecule has 0 radical (unpaired) electrons. The van der Waals surface area contributed by atoms with Crippen molar-refractivity contribution in [2.45, 2.75) is 44.9 Å². The molecule has 0 aliphatic carbocycles. The van der Waals surface area contributed by atoms with Crippen LogP contribution in [0.25, 0.3) is 0 Å². The van der Waals surface area contributed by atoms with Gasteiger partial charge in [0.1, 0.15) is 11.6 Å². The fourth-order valence-electron chi connectivity index (χ4n) is 2.02. The maximum atomic E-state index is 12.2. The fraction of sp³-hybridized carbons (Fsp3) is 0.846. The Balaban J connectivity index is 2.84. The summed E-state index contributed by atoms with van der Waals surface area (Å²) in [5, 5.41) is 1.11. The summed E-state index contributed by atoms with van der Waals surface area (Å²) in [4.78, 5) is 30.7. The summed E-state index contributed by atoms with van der Waals surface area (Å²) in [6, 6.07) is -0.625. The number of ether oxygens (including phenoxy) is 2. The Hall–Kier alpha value is -1.34. The highest BCUT2D eigenvalue weighted by Gasteiger charge is 2.42. The van der Waals surface area contributed by atoms with Crippen LogP contribution in [0.3, 0.4) is 0 Å². The predicted octanol–water partition coefficient (Wildman–Crippen LogP) is 1.03. The number of hydrogen-bond donors (Lipinski definition) is 0. The predicted molar refractivity (Wildman–Crippen MR) is 71.9 cm³/mol. The van der Waals surface area contributed by atoms with Crippen LogP contribution in [0.4, 0.5) is 4.79 Å². The fourth-order valence-corrected chi connectivity index (χ4v) is 2.02. The molecule has 2 atom stereocenters. The van der Waals surface area contributed by atoms with Crippen molar-refractivity contribution < 1.29 is 23.9 Å². The minimum absolute atomic E-state index is 0.179. The Bertz CT molecular complexity index is 366. The SMILES string of the molecule is CO[C@H]1C[C@@H](C(=O)N(C)OC)N(C(=O)OC(C)(C)C)C1. The maximum Gasteiger partial charge on any atom is 0.411 e. The maximum absolute atomic E-state index is 12.2. The first-order chi connectivity index (χ1) is 9.19. The normalized spacial score (nSPS) is 22.8. The molecule has 1 rings (SSSR count). The molecule has 1 fully saturated rings. The zero-order chi connectivity index (χ0) is 15.5. The molecule has 2 amide bonds. The van der Waals surface area contributed by atoms with Crippen molar-refractivity contribution in [2.75, 3.05) is 27.8 Å². The van der Waals surface area contributed by atoms with E-state index in [1.165, 1.54) is 19.1 Å². The number of carbonyl (C=O) groups is 2. The number of hydroxylamine groups is 2. The van der Waals surface area contributed by atoms with Crippen molar-refractivity contribution in [3.05, 3.63) is 0 Å². The highest BCUT2D eigenvalue weighted by Crippen LogP contribution is 2.24. The van der Waals surface area contributed by atoms with Crippen molar-refractivity contribution in [1.29, 1.82) is 0 Å². The Morgan fingerprint density at radius 3 is 2.30 bits per heavy atom. The molecule has 0 aromatic heterocycles. The third kappa shape index (κ3) is 4.08. The van der Waals surface area contributed by atoms with Gasteiger partial charge in [0.15, 0.2) is 0 Å². The molecule has 1 saturated heterocycles. The summed E-state index contributed by atoms with van der Waals surface area (Å²) in [6.07, 6.45) is -0.260. The molecule has 0 spiro atoms. The van der Waals surface area contributed by atoms with E-state index in [9.17, 15) is 9.59 Å². The first kappa shape index (κ1) is 16.7. The van der Waals surface area contributed by atoms with Gasteiger partial charge in [0.05, 0.1) is 19.8 Å². The molecule has 20 heavy (non-hydrogen) atoms. The molecule has 1 heterocycles. The molecule has 7 nitrogen and oxygen atoms in total. The molecule has 0 aromatic carbocycles. The number of carbonyl (C=O) groups excluding carboxylic acids is 2. The van der Waals surface area contributed by atoms with Gasteiger partial charge in [-0.3, -0.25) is 14.5 Å². The van der Waals surface area contributed by atoms with Crippen LogP contribution in [0.2, 0.25) is 0 Å². The Kier molecular flexibility index (Phi) is 5.35. The van der Waals surface area contributed by atoms with E-state index in [-0.39, 0.29) is 12.0 Å². The van der Waals surface area contributed by atoms with Crippen LogP contribution in [0.5, 0.6) is 0 Å². The summed E-state index contributed by atoms with van der Waals surface area (Å²) < 4.78 is 10.6. The zero-order valence-corrected chi connectivity index (χ0v) is 13.0. The van der Waals surface area contributed by atoms with E-state index < -0.39 is 17.7 Å². The number of methoxy groups -OCH3 is 1. The van der Waals surface area contributed by atoms with Crippen molar-refractivity contribution in [2.24, 2.45) is 0 Å². The molecule has 0 bridgehead atoms. The average molecular weight is 288 g/mol. The molecule has 0 aromatic rings. The molecule has 1 aliphatic heterocycles. The molecule has 0 unspecified atom stereocenters. The van der Waals surface area contributed by atoms with Crippen LogP contribution in [0.15, 0.2) is 0 Å². The lowest BCUT2D eigenvalue weighted by atomic mass is 10.2. The van der Waals surface area contributed by atoms with E-state index in [4.69, 9.17) is 14.3 Å². The second kappa shape index (κ2) is 6.41. The van der Waals surface area contributed by atoms with E-state index >= 15 is 0 Å². The first-order valence-electron chi connectivity index (χ1n) is 6.53. The number of rotatable bonds is 3. The van der Waals surface area contributed by atoms with Gasteiger partial charge in [-0.25, -0.2) is 9.86 Å². The van der Waals surface area contributed by atoms with Gasteiger partial charge in [-0.05, 0) is 20.8 Å². The lowest BCUT2D eigenvalue weighted by molar-refractivity contribution is -0.173. The van der Waals surface area contributed by atoms with Crippen LogP contribution in [0, 0.1) is 0 Å². The van der Waals surface area contributed by atoms with Crippen molar-refractivity contribution in [3.8, 4) is 0 Å². The first-order valence-corrected chi connectivity index (χ1v) is 6.53. The second-order valence-corrected chi connectivity index (χ2v) is 5.76. The number of nitrogens with zero attached hydrogens (tertiary/aromatic N) is 2. The highest BCUT2D eigenvalue weighted by molar-refractivity contribution is 5.85. The quantitative estimate of drug-likeness (QED) is 0.726. The lowest BCUT2D eigenvalue weighted by Crippen LogP contribution is -2.47. The third-order valence-electron chi connectivity index (χ3n) is 3.09. The number of amides is 2. The van der Waals surface area contributed by atoms with E-state index in [1.54, 1.807) is 27.9 Å². The second-order valence-electron chi connectivity index (χ2n) is 5.76. The van der Waals surface area contributed by atoms with Gasteiger partial charge in [-0.15, -0.1) is 0 Å². The smallest absolute Gasteiger partial charge is 0.411 e. The number of hydrogen-bond acceptors (Lipinski definition) is 5. The number of likely N-dealkylation sites (N-methyl/N-ethyl adjacent to an activating group) is 1. The third-order valence-corrected chi connectivity index (χ3v) is 3.09. The monoisotopic (exact) mass is 288 g/mol. The zero-order valence-electron chi connectivity index (χ0n) is 13.0. The van der Waals surface area contributed by atoms with Crippen LogP contribution in [0.1, 0.15) is 27.2 Å². The highest BCUT2D eigenvalue weighted by atomic mass is 16.7. The Labute approximate surface area is 119 Å². The van der Waals surface area contributed by atoms with Crippen LogP contribution < -0.4 is 0 Å². The molecule has 0 saturated carbocycles. The minimum atomic E-state index is -0.625. The van der Waals surface area contributed by atoms with Crippen LogP contribution in [-0.4, -0.2) is 67.5 Å². The van der Waals surface area contributed by atoms with Gasteiger partial charge in [-0.2, -0.15) is 0 Å². The van der Waals surface area contributed by atoms with Crippen molar-refractivity contribution in [1.82, 2.24) is 9.96 Å². The van der Waals surface area contributed by atoms with E-state index in [2.05, 4.69) is 0 Å². The standard InChI is InChI=1S/C13H24N2O5/c1-13(2,3)20-12(17)15-8-9(18-5)7-10(15)11(16)14(4)19-6/h9-10H,7-8H2,1-6H3/t9-,10-/m0/s1.